The average Bonchev–Trinajstić information content (AvgIpc) is 2.79. The summed E-state index contributed by atoms with van der Waals surface area (Å²) in [6.07, 6.45) is 2.23. The van der Waals surface area contributed by atoms with E-state index in [-0.39, 0.29) is 24.1 Å². The highest BCUT2D eigenvalue weighted by molar-refractivity contribution is 7.16. The third-order valence-corrected chi connectivity index (χ3v) is 4.58. The molecule has 1 atom stereocenters. The van der Waals surface area contributed by atoms with Crippen LogP contribution in [-0.4, -0.2) is 35.2 Å². The highest BCUT2D eigenvalue weighted by atomic mass is 32.1. The molecule has 3 rings (SSSR count). The quantitative estimate of drug-likeness (QED) is 0.758. The first-order chi connectivity index (χ1) is 9.06. The van der Waals surface area contributed by atoms with Crippen molar-refractivity contribution in [3.8, 4) is 0 Å². The van der Waals surface area contributed by atoms with Gasteiger partial charge in [0.1, 0.15) is 18.3 Å². The highest BCUT2D eigenvalue weighted by Crippen LogP contribution is 2.33. The summed E-state index contributed by atoms with van der Waals surface area (Å²) < 4.78 is 0. The smallest absolute Gasteiger partial charge is 0.249 e. The number of nitrogens with zero attached hydrogens (tertiary/aromatic N) is 2. The van der Waals surface area contributed by atoms with Gasteiger partial charge in [0, 0.05) is 11.3 Å². The van der Waals surface area contributed by atoms with Crippen LogP contribution in [0.3, 0.4) is 0 Å². The Morgan fingerprint density at radius 1 is 1.32 bits per heavy atom. The molecule has 0 radical (unpaired) electrons. The maximum Gasteiger partial charge on any atom is 0.249 e. The summed E-state index contributed by atoms with van der Waals surface area (Å²) in [5, 5.41) is 2.88. The van der Waals surface area contributed by atoms with E-state index in [1.807, 2.05) is 0 Å². The fourth-order valence-electron chi connectivity index (χ4n) is 2.33. The Bertz CT molecular complexity index is 581. The molecule has 1 N–H and O–H groups in total. The summed E-state index contributed by atoms with van der Waals surface area (Å²) in [6, 6.07) is -0.444. The molecule has 7 heteroatoms. The van der Waals surface area contributed by atoms with Gasteiger partial charge in [0.2, 0.25) is 11.8 Å². The number of ketones is 1. The second-order valence-corrected chi connectivity index (χ2v) is 5.82. The number of anilines is 1. The molecule has 1 aliphatic carbocycles. The number of thiazole rings is 1. The van der Waals surface area contributed by atoms with Crippen LogP contribution in [0.4, 0.5) is 5.13 Å². The van der Waals surface area contributed by atoms with E-state index in [4.69, 9.17) is 0 Å². The molecule has 0 spiro atoms. The normalized spacial score (nSPS) is 23.3. The first-order valence-corrected chi connectivity index (χ1v) is 7.01. The van der Waals surface area contributed by atoms with Gasteiger partial charge in [-0.3, -0.25) is 19.7 Å². The largest absolute Gasteiger partial charge is 0.327 e. The number of piperazine rings is 1. The van der Waals surface area contributed by atoms with Crippen LogP contribution in [0.25, 0.3) is 0 Å². The topological polar surface area (TPSA) is 79.4 Å². The minimum atomic E-state index is -0.444. The van der Waals surface area contributed by atoms with Gasteiger partial charge in [0.15, 0.2) is 10.9 Å². The Hall–Kier alpha value is -1.76. The van der Waals surface area contributed by atoms with Gasteiger partial charge in [-0.25, -0.2) is 4.98 Å². The molecule has 2 aliphatic rings. The van der Waals surface area contributed by atoms with Crippen LogP contribution in [-0.2, 0) is 16.0 Å². The number of aryl methyl sites for hydroxylation is 1. The first kappa shape index (κ1) is 12.3. The number of imide groups is 1. The second-order valence-electron chi connectivity index (χ2n) is 4.76. The average molecular weight is 279 g/mol. The highest BCUT2D eigenvalue weighted by Gasteiger charge is 2.33. The lowest BCUT2D eigenvalue weighted by molar-refractivity contribution is -0.132. The van der Waals surface area contributed by atoms with Gasteiger partial charge in [-0.15, -0.1) is 11.3 Å². The molecule has 1 fully saturated rings. The zero-order chi connectivity index (χ0) is 13.6. The minimum Gasteiger partial charge on any atom is -0.327 e. The number of carbonyl (C=O) groups excluding carboxylic acids is 3. The Balaban J connectivity index is 1.95. The van der Waals surface area contributed by atoms with Crippen molar-refractivity contribution in [2.45, 2.75) is 32.2 Å². The van der Waals surface area contributed by atoms with Crippen LogP contribution in [0.1, 0.15) is 35.1 Å². The van der Waals surface area contributed by atoms with Gasteiger partial charge in [-0.2, -0.15) is 0 Å². The third-order valence-electron chi connectivity index (χ3n) is 3.43. The monoisotopic (exact) mass is 279 g/mol. The van der Waals surface area contributed by atoms with Crippen molar-refractivity contribution in [2.75, 3.05) is 11.4 Å². The van der Waals surface area contributed by atoms with E-state index in [1.165, 1.54) is 11.3 Å². The van der Waals surface area contributed by atoms with Crippen LogP contribution < -0.4 is 10.2 Å². The number of rotatable bonds is 1. The SMILES string of the molecule is CC1C(=O)NC(=O)CN1c1nc2c(s1)CCCC2=O. The van der Waals surface area contributed by atoms with E-state index in [0.29, 0.717) is 17.2 Å². The maximum absolute atomic E-state index is 11.8. The Morgan fingerprint density at radius 3 is 2.84 bits per heavy atom. The molecule has 0 saturated carbocycles. The van der Waals surface area contributed by atoms with Crippen molar-refractivity contribution in [1.29, 1.82) is 0 Å². The van der Waals surface area contributed by atoms with E-state index in [9.17, 15) is 14.4 Å². The van der Waals surface area contributed by atoms with Crippen molar-refractivity contribution >= 4 is 34.1 Å². The van der Waals surface area contributed by atoms with Gasteiger partial charge in [-0.05, 0) is 19.8 Å². The molecule has 0 aromatic carbocycles. The van der Waals surface area contributed by atoms with Gasteiger partial charge in [0.05, 0.1) is 0 Å². The molecule has 0 bridgehead atoms. The van der Waals surface area contributed by atoms with Gasteiger partial charge in [0.25, 0.3) is 0 Å². The van der Waals surface area contributed by atoms with Crippen LogP contribution in [0.15, 0.2) is 0 Å². The fourth-order valence-corrected chi connectivity index (χ4v) is 3.53. The van der Waals surface area contributed by atoms with E-state index in [2.05, 4.69) is 10.3 Å². The predicted molar refractivity (Wildman–Crippen MR) is 69.3 cm³/mol. The summed E-state index contributed by atoms with van der Waals surface area (Å²) in [5.74, 6) is -0.595. The number of carbonyl (C=O) groups is 3. The molecule has 1 aromatic heterocycles. The molecule has 2 heterocycles. The second kappa shape index (κ2) is 4.41. The van der Waals surface area contributed by atoms with Crippen LogP contribution in [0, 0.1) is 0 Å². The van der Waals surface area contributed by atoms with Crippen LogP contribution in [0.2, 0.25) is 0 Å². The predicted octanol–water partition coefficient (Wildman–Crippen LogP) is 0.513. The van der Waals surface area contributed by atoms with E-state index < -0.39 is 6.04 Å². The zero-order valence-corrected chi connectivity index (χ0v) is 11.2. The minimum absolute atomic E-state index is 0.0594. The summed E-state index contributed by atoms with van der Waals surface area (Å²) in [6.45, 7) is 1.83. The van der Waals surface area contributed by atoms with Crippen molar-refractivity contribution in [1.82, 2.24) is 10.3 Å². The van der Waals surface area contributed by atoms with E-state index in [0.717, 1.165) is 17.7 Å². The molecular weight excluding hydrogens is 266 g/mol. The Labute approximate surface area is 113 Å². The summed E-state index contributed by atoms with van der Waals surface area (Å²) in [4.78, 5) is 41.8. The molecule has 19 heavy (non-hydrogen) atoms. The molecule has 100 valence electrons. The molecule has 1 saturated heterocycles. The lowest BCUT2D eigenvalue weighted by atomic mass is 10.0. The lowest BCUT2D eigenvalue weighted by Crippen LogP contribution is -2.57. The van der Waals surface area contributed by atoms with Crippen LogP contribution >= 0.6 is 11.3 Å². The fraction of sp³-hybridized carbons (Fsp3) is 0.500. The van der Waals surface area contributed by atoms with Crippen LogP contribution in [0.5, 0.6) is 0 Å². The number of hydrogen-bond acceptors (Lipinski definition) is 6. The van der Waals surface area contributed by atoms with Crippen molar-refractivity contribution in [3.05, 3.63) is 10.6 Å². The number of Topliss-reactive ketones (excluding diaryl/α,β-unsaturated/α-hetero) is 1. The molecule has 1 aromatic rings. The zero-order valence-electron chi connectivity index (χ0n) is 10.4. The number of aromatic nitrogens is 1. The van der Waals surface area contributed by atoms with Gasteiger partial charge >= 0.3 is 0 Å². The number of nitrogens with one attached hydrogen (secondary N) is 1. The summed E-state index contributed by atoms with van der Waals surface area (Å²) in [7, 11) is 0. The maximum atomic E-state index is 11.8. The lowest BCUT2D eigenvalue weighted by Gasteiger charge is -2.31. The number of hydrogen-bond donors (Lipinski definition) is 1. The molecule has 1 aliphatic heterocycles. The first-order valence-electron chi connectivity index (χ1n) is 6.19. The van der Waals surface area contributed by atoms with E-state index >= 15 is 0 Å². The number of fused-ring (bicyclic) bond motifs is 1. The Kier molecular flexibility index (Phi) is 2.85. The Morgan fingerprint density at radius 2 is 2.11 bits per heavy atom. The molecular formula is C12H13N3O3S. The van der Waals surface area contributed by atoms with Crippen molar-refractivity contribution in [2.24, 2.45) is 0 Å². The third kappa shape index (κ3) is 2.03. The molecule has 1 unspecified atom stereocenters. The van der Waals surface area contributed by atoms with Gasteiger partial charge < -0.3 is 4.90 Å². The summed E-state index contributed by atoms with van der Waals surface area (Å²) >= 11 is 1.42. The van der Waals surface area contributed by atoms with Crippen molar-refractivity contribution in [3.63, 3.8) is 0 Å². The number of amides is 2. The standard InChI is InChI=1S/C12H13N3O3S/c1-6-11(18)13-9(17)5-15(6)12-14-10-7(16)3-2-4-8(10)19-12/h6H,2-5H2,1H3,(H,13,17,18). The summed E-state index contributed by atoms with van der Waals surface area (Å²) in [5.41, 5.74) is 0.525. The molecule has 2 amide bonds. The van der Waals surface area contributed by atoms with Crippen molar-refractivity contribution < 1.29 is 14.4 Å². The molecule has 6 nitrogen and oxygen atoms in total. The van der Waals surface area contributed by atoms with E-state index in [1.54, 1.807) is 11.8 Å². The van der Waals surface area contributed by atoms with Gasteiger partial charge in [-0.1, -0.05) is 0 Å².